The molecule has 0 atom stereocenters. The number of hydroxylamine groups is 1. The molecule has 0 aliphatic rings. The van der Waals surface area contributed by atoms with Crippen molar-refractivity contribution in [3.8, 4) is 0 Å². The van der Waals surface area contributed by atoms with Crippen LogP contribution in [0.3, 0.4) is 0 Å². The summed E-state index contributed by atoms with van der Waals surface area (Å²) in [5, 5.41) is 9.95. The molecule has 11 heavy (non-hydrogen) atoms. The molecule has 0 fully saturated rings. The van der Waals surface area contributed by atoms with Gasteiger partial charge in [-0.25, -0.2) is 0 Å². The summed E-state index contributed by atoms with van der Waals surface area (Å²) in [4.78, 5) is 0. The topological polar surface area (TPSA) is 39.7 Å². The number of quaternary nitrogens is 1. The van der Waals surface area contributed by atoms with E-state index in [0.717, 1.165) is 24.4 Å². The molecule has 0 bridgehead atoms. The fourth-order valence-electron chi connectivity index (χ4n) is 1.13. The van der Waals surface area contributed by atoms with Crippen molar-refractivity contribution in [2.75, 3.05) is 6.54 Å². The monoisotopic (exact) mass is 159 g/mol. The Hall–Kier alpha value is -0.0800. The zero-order valence-corrected chi connectivity index (χ0v) is 7.81. The second-order valence-corrected chi connectivity index (χ2v) is 3.55. The van der Waals surface area contributed by atoms with Gasteiger partial charge in [0.1, 0.15) is 0 Å². The molecule has 0 saturated carbocycles. The zero-order chi connectivity index (χ0) is 8.53. The summed E-state index contributed by atoms with van der Waals surface area (Å²) in [6.45, 7) is 5.26. The van der Waals surface area contributed by atoms with Crippen molar-refractivity contribution in [1.29, 1.82) is 0 Å². The Bertz CT molecular complexity index is 74.0. The Kier molecular flexibility index (Phi) is 7.96. The van der Waals surface area contributed by atoms with Gasteiger partial charge >= 0.3 is 0 Å². The third-order valence-corrected chi connectivity index (χ3v) is 1.85. The van der Waals surface area contributed by atoms with Gasteiger partial charge in [-0.05, 0) is 18.8 Å². The molecule has 0 aliphatic heterocycles. The first-order valence-corrected chi connectivity index (χ1v) is 4.71. The van der Waals surface area contributed by atoms with Crippen molar-refractivity contribution in [2.45, 2.75) is 46.0 Å². The molecule has 2 heteroatoms. The van der Waals surface area contributed by atoms with Gasteiger partial charge < -0.3 is 10.7 Å². The lowest BCUT2D eigenvalue weighted by Crippen LogP contribution is -2.77. The van der Waals surface area contributed by atoms with E-state index >= 15 is 0 Å². The van der Waals surface area contributed by atoms with Crippen LogP contribution in [-0.2, 0) is 0 Å². The third kappa shape index (κ3) is 9.92. The SMILES string of the molecule is CC(C)CCCCCC[NH2+][O-]. The highest BCUT2D eigenvalue weighted by molar-refractivity contribution is 4.47. The quantitative estimate of drug-likeness (QED) is 0.445. The number of hydrogen-bond donors (Lipinski definition) is 1. The minimum Gasteiger partial charge on any atom is -0.636 e. The summed E-state index contributed by atoms with van der Waals surface area (Å²) >= 11 is 0. The van der Waals surface area contributed by atoms with Crippen molar-refractivity contribution in [3.63, 3.8) is 0 Å². The van der Waals surface area contributed by atoms with E-state index in [1.807, 2.05) is 0 Å². The average Bonchev–Trinajstić information content (AvgIpc) is 1.96. The standard InChI is InChI=1S/C9H21NO/c1-9(2)7-5-3-4-6-8-10-11/h9H,3-8,10H2,1-2H3. The molecule has 0 saturated heterocycles. The molecule has 0 rings (SSSR count). The van der Waals surface area contributed by atoms with Gasteiger partial charge in [-0.3, -0.25) is 0 Å². The molecule has 2 N–H and O–H groups in total. The van der Waals surface area contributed by atoms with E-state index in [4.69, 9.17) is 0 Å². The number of nitrogens with two attached hydrogens (primary N) is 1. The van der Waals surface area contributed by atoms with Crippen LogP contribution in [0.1, 0.15) is 46.0 Å². The lowest BCUT2D eigenvalue weighted by Gasteiger charge is -2.04. The first-order chi connectivity index (χ1) is 5.27. The fraction of sp³-hybridized carbons (Fsp3) is 1.00. The molecule has 2 nitrogen and oxygen atoms in total. The normalized spacial score (nSPS) is 10.9. The van der Waals surface area contributed by atoms with Gasteiger partial charge in [-0.2, -0.15) is 0 Å². The molecule has 0 aromatic heterocycles. The molecular weight excluding hydrogens is 138 g/mol. The van der Waals surface area contributed by atoms with Crippen molar-refractivity contribution in [1.82, 2.24) is 0 Å². The summed E-state index contributed by atoms with van der Waals surface area (Å²) in [5.41, 5.74) is 1.02. The van der Waals surface area contributed by atoms with E-state index in [2.05, 4.69) is 13.8 Å². The number of rotatable bonds is 7. The van der Waals surface area contributed by atoms with Crippen LogP contribution >= 0.6 is 0 Å². The minimum atomic E-state index is 0.752. The Labute approximate surface area is 70.0 Å². The molecule has 0 spiro atoms. The van der Waals surface area contributed by atoms with Gasteiger partial charge in [-0.1, -0.05) is 33.1 Å². The van der Waals surface area contributed by atoms with Gasteiger partial charge in [0.2, 0.25) is 0 Å². The highest BCUT2D eigenvalue weighted by Gasteiger charge is 1.93. The van der Waals surface area contributed by atoms with Crippen LogP contribution in [0.2, 0.25) is 0 Å². The Morgan fingerprint density at radius 1 is 1.09 bits per heavy atom. The van der Waals surface area contributed by atoms with E-state index < -0.39 is 0 Å². The molecular formula is C9H21NO. The van der Waals surface area contributed by atoms with E-state index in [9.17, 15) is 5.21 Å². The van der Waals surface area contributed by atoms with Crippen LogP contribution in [-0.4, -0.2) is 6.54 Å². The van der Waals surface area contributed by atoms with Crippen LogP contribution in [0.5, 0.6) is 0 Å². The second kappa shape index (κ2) is 8.02. The largest absolute Gasteiger partial charge is 0.636 e. The second-order valence-electron chi connectivity index (χ2n) is 3.55. The van der Waals surface area contributed by atoms with E-state index in [1.54, 1.807) is 0 Å². The van der Waals surface area contributed by atoms with E-state index in [0.29, 0.717) is 0 Å². The van der Waals surface area contributed by atoms with Crippen LogP contribution in [0.4, 0.5) is 0 Å². The summed E-state index contributed by atoms with van der Waals surface area (Å²) in [7, 11) is 0. The highest BCUT2D eigenvalue weighted by atomic mass is 16.5. The first-order valence-electron chi connectivity index (χ1n) is 4.71. The predicted molar refractivity (Wildman–Crippen MR) is 48.1 cm³/mol. The first kappa shape index (κ1) is 10.9. The van der Waals surface area contributed by atoms with Crippen LogP contribution in [0.15, 0.2) is 0 Å². The van der Waals surface area contributed by atoms with Gasteiger partial charge in [0.05, 0.1) is 6.54 Å². The molecule has 0 aliphatic carbocycles. The summed E-state index contributed by atoms with van der Waals surface area (Å²) < 4.78 is 0. The summed E-state index contributed by atoms with van der Waals surface area (Å²) in [5.74, 6) is 0.834. The molecule has 0 amide bonds. The van der Waals surface area contributed by atoms with Crippen molar-refractivity contribution >= 4 is 0 Å². The third-order valence-electron chi connectivity index (χ3n) is 1.85. The van der Waals surface area contributed by atoms with E-state index in [-0.39, 0.29) is 0 Å². The Morgan fingerprint density at radius 3 is 2.27 bits per heavy atom. The maximum absolute atomic E-state index is 9.95. The zero-order valence-electron chi connectivity index (χ0n) is 7.81. The van der Waals surface area contributed by atoms with Crippen molar-refractivity contribution in [2.24, 2.45) is 5.92 Å². The maximum atomic E-state index is 9.95. The molecule has 0 radical (unpaired) electrons. The lowest BCUT2D eigenvalue weighted by molar-refractivity contribution is -0.589. The summed E-state index contributed by atoms with van der Waals surface area (Å²) in [6, 6.07) is 0. The molecule has 0 heterocycles. The van der Waals surface area contributed by atoms with Gasteiger partial charge in [-0.15, -0.1) is 0 Å². The molecule has 0 unspecified atom stereocenters. The molecule has 0 aromatic rings. The molecule has 68 valence electrons. The summed E-state index contributed by atoms with van der Waals surface area (Å²) in [6.07, 6.45) is 6.27. The average molecular weight is 159 g/mol. The van der Waals surface area contributed by atoms with Gasteiger partial charge in [0.15, 0.2) is 0 Å². The van der Waals surface area contributed by atoms with Crippen LogP contribution in [0, 0.1) is 11.1 Å². The Balaban J connectivity index is 2.80. The maximum Gasteiger partial charge on any atom is 0.0752 e. The lowest BCUT2D eigenvalue weighted by atomic mass is 10.0. The smallest absolute Gasteiger partial charge is 0.0752 e. The van der Waals surface area contributed by atoms with Crippen molar-refractivity contribution < 1.29 is 5.48 Å². The fourth-order valence-corrected chi connectivity index (χ4v) is 1.13. The van der Waals surface area contributed by atoms with Gasteiger partial charge in [0, 0.05) is 0 Å². The van der Waals surface area contributed by atoms with Crippen LogP contribution in [0.25, 0.3) is 0 Å². The highest BCUT2D eigenvalue weighted by Crippen LogP contribution is 2.08. The van der Waals surface area contributed by atoms with Crippen molar-refractivity contribution in [3.05, 3.63) is 5.21 Å². The predicted octanol–water partition coefficient (Wildman–Crippen LogP) is 1.65. The minimum absolute atomic E-state index is 0.752. The number of hydrogen-bond acceptors (Lipinski definition) is 1. The van der Waals surface area contributed by atoms with E-state index in [1.165, 1.54) is 25.7 Å². The molecule has 0 aromatic carbocycles. The Morgan fingerprint density at radius 2 is 1.73 bits per heavy atom. The van der Waals surface area contributed by atoms with Crippen LogP contribution < -0.4 is 5.48 Å². The number of unbranched alkanes of at least 4 members (excludes halogenated alkanes) is 3. The van der Waals surface area contributed by atoms with Gasteiger partial charge in [0.25, 0.3) is 0 Å².